The van der Waals surface area contributed by atoms with E-state index in [0.717, 1.165) is 22.5 Å². The second-order valence-electron chi connectivity index (χ2n) is 5.60. The van der Waals surface area contributed by atoms with E-state index in [9.17, 15) is 4.79 Å². The smallest absolute Gasteiger partial charge is 0.209 e. The Morgan fingerprint density at radius 2 is 1.95 bits per heavy atom. The monoisotopic (exact) mass is 303 g/mol. The van der Waals surface area contributed by atoms with Crippen LogP contribution in [0.2, 0.25) is 0 Å². The molecule has 1 heterocycles. The lowest BCUT2D eigenvalue weighted by atomic mass is 10.0. The van der Waals surface area contributed by atoms with Crippen molar-refractivity contribution in [1.29, 1.82) is 0 Å². The number of carbonyl (C=O) groups is 1. The van der Waals surface area contributed by atoms with Crippen molar-refractivity contribution < 1.29 is 4.79 Å². The number of nitrogens with zero attached hydrogens (tertiary/aromatic N) is 2. The first-order chi connectivity index (χ1) is 9.88. The summed E-state index contributed by atoms with van der Waals surface area (Å²) in [6, 6.07) is 5.96. The first kappa shape index (κ1) is 15.8. The summed E-state index contributed by atoms with van der Waals surface area (Å²) >= 11 is 1.40. The van der Waals surface area contributed by atoms with Gasteiger partial charge in [-0.3, -0.25) is 9.89 Å². The van der Waals surface area contributed by atoms with Crippen LogP contribution in [0.5, 0.6) is 0 Å². The Labute approximate surface area is 129 Å². The fraction of sp³-hybridized carbons (Fsp3) is 0.438. The van der Waals surface area contributed by atoms with Crippen molar-refractivity contribution in [3.05, 3.63) is 40.7 Å². The minimum atomic E-state index is -0.207. The maximum Gasteiger partial charge on any atom is 0.209 e. The maximum atomic E-state index is 12.6. The Kier molecular flexibility index (Phi) is 4.83. The van der Waals surface area contributed by atoms with Crippen molar-refractivity contribution in [2.75, 3.05) is 0 Å². The van der Waals surface area contributed by atoms with Crippen LogP contribution in [0.1, 0.15) is 54.0 Å². The number of nitrogens with one attached hydrogen (secondary N) is 1. The van der Waals surface area contributed by atoms with Crippen molar-refractivity contribution in [2.45, 2.75) is 50.9 Å². The summed E-state index contributed by atoms with van der Waals surface area (Å²) in [7, 11) is 0. The zero-order valence-corrected chi connectivity index (χ0v) is 13.9. The fourth-order valence-corrected chi connectivity index (χ4v) is 2.80. The Balaban J connectivity index is 2.13. The molecule has 0 bridgehead atoms. The Bertz CT molecular complexity index is 649. The van der Waals surface area contributed by atoms with E-state index in [1.807, 2.05) is 39.0 Å². The molecule has 0 aliphatic carbocycles. The number of Topliss-reactive ketones (excluding diaryl/α,β-unsaturated/α-hetero) is 1. The molecule has 0 fully saturated rings. The molecular formula is C16H21N3OS. The summed E-state index contributed by atoms with van der Waals surface area (Å²) < 4.78 is 0. The molecule has 0 amide bonds. The van der Waals surface area contributed by atoms with Gasteiger partial charge in [0.25, 0.3) is 0 Å². The summed E-state index contributed by atoms with van der Waals surface area (Å²) in [5.41, 5.74) is 2.90. The first-order valence-electron chi connectivity index (χ1n) is 7.09. The molecule has 0 unspecified atom stereocenters. The number of hydrogen-bond donors (Lipinski definition) is 1. The van der Waals surface area contributed by atoms with Crippen LogP contribution in [0.25, 0.3) is 0 Å². The molecule has 2 aromatic rings. The van der Waals surface area contributed by atoms with Gasteiger partial charge in [0.05, 0.1) is 5.25 Å². The lowest BCUT2D eigenvalue weighted by Gasteiger charge is -2.11. The van der Waals surface area contributed by atoms with Gasteiger partial charge in [-0.1, -0.05) is 43.3 Å². The zero-order chi connectivity index (χ0) is 15.6. The first-order valence-corrected chi connectivity index (χ1v) is 7.97. The number of carbonyl (C=O) groups excluding carboxylic acids is 1. The van der Waals surface area contributed by atoms with Crippen molar-refractivity contribution in [2.24, 2.45) is 0 Å². The van der Waals surface area contributed by atoms with Gasteiger partial charge < -0.3 is 0 Å². The van der Waals surface area contributed by atoms with Crippen molar-refractivity contribution >= 4 is 17.5 Å². The van der Waals surface area contributed by atoms with Crippen LogP contribution in [0.15, 0.2) is 23.4 Å². The minimum Gasteiger partial charge on any atom is -0.293 e. The van der Waals surface area contributed by atoms with E-state index in [2.05, 4.69) is 29.0 Å². The van der Waals surface area contributed by atoms with Gasteiger partial charge in [0.1, 0.15) is 5.82 Å². The maximum absolute atomic E-state index is 12.6. The predicted molar refractivity (Wildman–Crippen MR) is 86.0 cm³/mol. The summed E-state index contributed by atoms with van der Waals surface area (Å²) in [6.07, 6.45) is 0. The van der Waals surface area contributed by atoms with Crippen LogP contribution in [0, 0.1) is 13.8 Å². The van der Waals surface area contributed by atoms with Crippen LogP contribution in [0.4, 0.5) is 0 Å². The number of benzene rings is 1. The fourth-order valence-electron chi connectivity index (χ4n) is 2.00. The second-order valence-corrected chi connectivity index (χ2v) is 6.91. The van der Waals surface area contributed by atoms with E-state index in [0.29, 0.717) is 11.1 Å². The molecule has 0 aliphatic rings. The Morgan fingerprint density at radius 3 is 2.57 bits per heavy atom. The molecule has 1 aromatic heterocycles. The third kappa shape index (κ3) is 3.73. The lowest BCUT2D eigenvalue weighted by molar-refractivity contribution is 0.0993. The molecule has 112 valence electrons. The van der Waals surface area contributed by atoms with E-state index in [1.165, 1.54) is 11.8 Å². The minimum absolute atomic E-state index is 0.122. The number of aryl methyl sites for hydroxylation is 2. The number of aromatic amines is 1. The van der Waals surface area contributed by atoms with Gasteiger partial charge in [0.2, 0.25) is 5.16 Å². The van der Waals surface area contributed by atoms with E-state index in [4.69, 9.17) is 0 Å². The molecule has 1 atom stereocenters. The van der Waals surface area contributed by atoms with Gasteiger partial charge in [-0.05, 0) is 32.4 Å². The van der Waals surface area contributed by atoms with Crippen LogP contribution < -0.4 is 0 Å². The number of ketones is 1. The number of thioether (sulfide) groups is 1. The quantitative estimate of drug-likeness (QED) is 0.672. The number of aromatic nitrogens is 3. The van der Waals surface area contributed by atoms with E-state index < -0.39 is 0 Å². The average Bonchev–Trinajstić information content (AvgIpc) is 2.89. The Morgan fingerprint density at radius 1 is 1.24 bits per heavy atom. The zero-order valence-electron chi connectivity index (χ0n) is 13.1. The van der Waals surface area contributed by atoms with E-state index >= 15 is 0 Å². The van der Waals surface area contributed by atoms with Gasteiger partial charge in [-0.25, -0.2) is 4.98 Å². The molecule has 0 radical (unpaired) electrons. The molecule has 4 nitrogen and oxygen atoms in total. The normalized spacial score (nSPS) is 12.7. The lowest BCUT2D eigenvalue weighted by Crippen LogP contribution is -2.15. The highest BCUT2D eigenvalue weighted by Gasteiger charge is 2.20. The van der Waals surface area contributed by atoms with Crippen molar-refractivity contribution in [1.82, 2.24) is 15.2 Å². The SMILES string of the molecule is Cc1ccc(C)c(C(=O)[C@@H](C)Sc2n[nH]c(C(C)C)n2)c1. The molecule has 0 saturated carbocycles. The van der Waals surface area contributed by atoms with Crippen LogP contribution in [0.3, 0.4) is 0 Å². The highest BCUT2D eigenvalue weighted by Crippen LogP contribution is 2.25. The molecule has 0 saturated heterocycles. The van der Waals surface area contributed by atoms with Crippen LogP contribution in [-0.4, -0.2) is 26.2 Å². The van der Waals surface area contributed by atoms with Gasteiger partial charge in [0, 0.05) is 11.5 Å². The average molecular weight is 303 g/mol. The van der Waals surface area contributed by atoms with Crippen LogP contribution in [-0.2, 0) is 0 Å². The molecule has 0 aliphatic heterocycles. The number of H-pyrrole nitrogens is 1. The second kappa shape index (κ2) is 6.43. The summed E-state index contributed by atoms with van der Waals surface area (Å²) in [5.74, 6) is 1.28. The highest BCUT2D eigenvalue weighted by molar-refractivity contribution is 8.00. The largest absolute Gasteiger partial charge is 0.293 e. The predicted octanol–water partition coefficient (Wildman–Crippen LogP) is 3.91. The highest BCUT2D eigenvalue weighted by atomic mass is 32.2. The molecule has 1 N–H and O–H groups in total. The van der Waals surface area contributed by atoms with Gasteiger partial charge >= 0.3 is 0 Å². The van der Waals surface area contributed by atoms with Gasteiger partial charge in [-0.15, -0.1) is 5.10 Å². The summed E-state index contributed by atoms with van der Waals surface area (Å²) in [4.78, 5) is 17.0. The Hall–Kier alpha value is -1.62. The molecule has 2 rings (SSSR count). The van der Waals surface area contributed by atoms with Crippen LogP contribution >= 0.6 is 11.8 Å². The van der Waals surface area contributed by atoms with Gasteiger partial charge in [-0.2, -0.15) is 0 Å². The van der Waals surface area contributed by atoms with Crippen molar-refractivity contribution in [3.8, 4) is 0 Å². The summed E-state index contributed by atoms with van der Waals surface area (Å²) in [5, 5.41) is 7.51. The molecular weight excluding hydrogens is 282 g/mol. The summed E-state index contributed by atoms with van der Waals surface area (Å²) in [6.45, 7) is 9.98. The third-order valence-electron chi connectivity index (χ3n) is 3.34. The van der Waals surface area contributed by atoms with E-state index in [-0.39, 0.29) is 11.0 Å². The van der Waals surface area contributed by atoms with Gasteiger partial charge in [0.15, 0.2) is 5.78 Å². The van der Waals surface area contributed by atoms with Crippen molar-refractivity contribution in [3.63, 3.8) is 0 Å². The topological polar surface area (TPSA) is 58.6 Å². The number of hydrogen-bond acceptors (Lipinski definition) is 4. The standard InChI is InChI=1S/C16H21N3OS/c1-9(2)15-17-16(19-18-15)21-12(5)14(20)13-8-10(3)6-7-11(13)4/h6-9,12H,1-5H3,(H,17,18,19)/t12-/m1/s1. The molecule has 1 aromatic carbocycles. The van der Waals surface area contributed by atoms with E-state index in [1.54, 1.807) is 0 Å². The molecule has 5 heteroatoms. The number of rotatable bonds is 5. The third-order valence-corrected chi connectivity index (χ3v) is 4.30. The molecule has 21 heavy (non-hydrogen) atoms. The molecule has 0 spiro atoms.